The first-order valence-corrected chi connectivity index (χ1v) is 7.85. The number of hydrogen-bond acceptors (Lipinski definition) is 2. The molecular formula is C17H19BrN2O. The third kappa shape index (κ3) is 4.08. The van der Waals surface area contributed by atoms with Crippen molar-refractivity contribution in [3.05, 3.63) is 58.6 Å². The lowest BCUT2D eigenvalue weighted by atomic mass is 10.1. The molecule has 1 N–H and O–H groups in total. The van der Waals surface area contributed by atoms with Crippen molar-refractivity contribution in [2.24, 2.45) is 0 Å². The van der Waals surface area contributed by atoms with Gasteiger partial charge >= 0.3 is 0 Å². The van der Waals surface area contributed by atoms with Gasteiger partial charge in [0, 0.05) is 34.5 Å². The summed E-state index contributed by atoms with van der Waals surface area (Å²) in [7, 11) is 0. The Morgan fingerprint density at radius 1 is 1.00 bits per heavy atom. The number of rotatable bonds is 5. The summed E-state index contributed by atoms with van der Waals surface area (Å²) in [4.78, 5) is 14.4. The van der Waals surface area contributed by atoms with Crippen LogP contribution in [0.1, 0.15) is 24.2 Å². The van der Waals surface area contributed by atoms with Crippen molar-refractivity contribution in [1.82, 2.24) is 0 Å². The Morgan fingerprint density at radius 3 is 2.10 bits per heavy atom. The third-order valence-corrected chi connectivity index (χ3v) is 3.89. The molecule has 0 atom stereocenters. The van der Waals surface area contributed by atoms with E-state index in [-0.39, 0.29) is 5.91 Å². The summed E-state index contributed by atoms with van der Waals surface area (Å²) in [6, 6.07) is 15.2. The van der Waals surface area contributed by atoms with Crippen LogP contribution < -0.4 is 10.2 Å². The van der Waals surface area contributed by atoms with Crippen LogP contribution in [0.5, 0.6) is 0 Å². The fraction of sp³-hybridized carbons (Fsp3) is 0.235. The predicted octanol–water partition coefficient (Wildman–Crippen LogP) is 4.55. The van der Waals surface area contributed by atoms with Gasteiger partial charge in [-0.3, -0.25) is 4.79 Å². The molecule has 0 aliphatic heterocycles. The van der Waals surface area contributed by atoms with Crippen molar-refractivity contribution in [2.45, 2.75) is 13.8 Å². The first-order valence-electron chi connectivity index (χ1n) is 7.06. The molecule has 0 bridgehead atoms. The first kappa shape index (κ1) is 15.6. The van der Waals surface area contributed by atoms with Crippen LogP contribution in [0.3, 0.4) is 0 Å². The van der Waals surface area contributed by atoms with Gasteiger partial charge in [0.1, 0.15) is 0 Å². The molecule has 21 heavy (non-hydrogen) atoms. The molecule has 0 heterocycles. The van der Waals surface area contributed by atoms with Crippen molar-refractivity contribution in [2.75, 3.05) is 23.3 Å². The Balaban J connectivity index is 2.07. The van der Waals surface area contributed by atoms with Crippen LogP contribution in [0.15, 0.2) is 53.0 Å². The summed E-state index contributed by atoms with van der Waals surface area (Å²) in [5.41, 5.74) is 2.59. The minimum atomic E-state index is -0.0941. The molecule has 2 rings (SSSR count). The van der Waals surface area contributed by atoms with E-state index in [2.05, 4.69) is 40.0 Å². The highest BCUT2D eigenvalue weighted by atomic mass is 79.9. The molecule has 0 radical (unpaired) electrons. The van der Waals surface area contributed by atoms with Gasteiger partial charge in [-0.2, -0.15) is 0 Å². The van der Waals surface area contributed by atoms with Gasteiger partial charge in [-0.1, -0.05) is 15.9 Å². The zero-order valence-electron chi connectivity index (χ0n) is 12.3. The van der Waals surface area contributed by atoms with Crippen molar-refractivity contribution in [1.29, 1.82) is 0 Å². The summed E-state index contributed by atoms with van der Waals surface area (Å²) >= 11 is 3.37. The molecular weight excluding hydrogens is 328 g/mol. The lowest BCUT2D eigenvalue weighted by Gasteiger charge is -2.21. The number of anilines is 2. The molecule has 3 nitrogen and oxygen atoms in total. The number of nitrogens with zero attached hydrogens (tertiary/aromatic N) is 1. The highest BCUT2D eigenvalue weighted by Crippen LogP contribution is 2.17. The zero-order valence-corrected chi connectivity index (χ0v) is 13.9. The molecule has 0 spiro atoms. The normalized spacial score (nSPS) is 10.2. The fourth-order valence-electron chi connectivity index (χ4n) is 2.15. The molecule has 0 unspecified atom stereocenters. The molecule has 110 valence electrons. The van der Waals surface area contributed by atoms with Crippen LogP contribution >= 0.6 is 15.9 Å². The van der Waals surface area contributed by atoms with E-state index in [1.54, 1.807) is 0 Å². The molecule has 2 aromatic carbocycles. The summed E-state index contributed by atoms with van der Waals surface area (Å²) in [5.74, 6) is -0.0941. The molecule has 0 aromatic heterocycles. The Bertz CT molecular complexity index is 589. The minimum absolute atomic E-state index is 0.0941. The largest absolute Gasteiger partial charge is 0.372 e. The SMILES string of the molecule is CCN(CC)c1ccc(C(=O)Nc2ccc(Br)cc2)cc1. The van der Waals surface area contributed by atoms with Gasteiger partial charge in [-0.05, 0) is 62.4 Å². The van der Waals surface area contributed by atoms with Gasteiger partial charge in [0.05, 0.1) is 0 Å². The lowest BCUT2D eigenvalue weighted by Crippen LogP contribution is -2.21. The van der Waals surface area contributed by atoms with Crippen LogP contribution in [0.4, 0.5) is 11.4 Å². The number of hydrogen-bond donors (Lipinski definition) is 1. The summed E-state index contributed by atoms with van der Waals surface area (Å²) in [6.07, 6.45) is 0. The van der Waals surface area contributed by atoms with E-state index in [4.69, 9.17) is 0 Å². The van der Waals surface area contributed by atoms with Gasteiger partial charge in [0.2, 0.25) is 0 Å². The molecule has 0 saturated heterocycles. The average Bonchev–Trinajstić information content (AvgIpc) is 2.51. The van der Waals surface area contributed by atoms with Gasteiger partial charge in [-0.15, -0.1) is 0 Å². The second-order valence-corrected chi connectivity index (χ2v) is 5.60. The summed E-state index contributed by atoms with van der Waals surface area (Å²) in [6.45, 7) is 6.16. The van der Waals surface area contributed by atoms with E-state index in [0.29, 0.717) is 5.56 Å². The van der Waals surface area contributed by atoms with Crippen molar-refractivity contribution in [3.8, 4) is 0 Å². The first-order chi connectivity index (χ1) is 10.1. The highest BCUT2D eigenvalue weighted by molar-refractivity contribution is 9.10. The van der Waals surface area contributed by atoms with Crippen molar-refractivity contribution in [3.63, 3.8) is 0 Å². The van der Waals surface area contributed by atoms with Crippen LogP contribution in [0, 0.1) is 0 Å². The maximum Gasteiger partial charge on any atom is 0.255 e. The third-order valence-electron chi connectivity index (χ3n) is 3.36. The number of carbonyl (C=O) groups is 1. The van der Waals surface area contributed by atoms with Gasteiger partial charge < -0.3 is 10.2 Å². The number of carbonyl (C=O) groups excluding carboxylic acids is 1. The molecule has 0 fully saturated rings. The fourth-order valence-corrected chi connectivity index (χ4v) is 2.41. The Morgan fingerprint density at radius 2 is 1.57 bits per heavy atom. The van der Waals surface area contributed by atoms with Crippen LogP contribution in [-0.4, -0.2) is 19.0 Å². The molecule has 0 aliphatic carbocycles. The maximum atomic E-state index is 12.2. The molecule has 4 heteroatoms. The van der Waals surface area contributed by atoms with E-state index in [1.807, 2.05) is 48.5 Å². The topological polar surface area (TPSA) is 32.3 Å². The molecule has 0 aliphatic rings. The van der Waals surface area contributed by atoms with E-state index in [0.717, 1.165) is 28.9 Å². The Kier molecular flexibility index (Phi) is 5.39. The number of benzene rings is 2. The Labute approximate surface area is 134 Å². The number of nitrogens with one attached hydrogen (secondary N) is 1. The van der Waals surface area contributed by atoms with E-state index in [1.165, 1.54) is 0 Å². The smallest absolute Gasteiger partial charge is 0.255 e. The zero-order chi connectivity index (χ0) is 15.2. The van der Waals surface area contributed by atoms with Crippen molar-refractivity contribution >= 4 is 33.2 Å². The highest BCUT2D eigenvalue weighted by Gasteiger charge is 2.07. The number of halogens is 1. The monoisotopic (exact) mass is 346 g/mol. The lowest BCUT2D eigenvalue weighted by molar-refractivity contribution is 0.102. The maximum absolute atomic E-state index is 12.2. The van der Waals surface area contributed by atoms with E-state index < -0.39 is 0 Å². The van der Waals surface area contributed by atoms with Crippen LogP contribution in [0.25, 0.3) is 0 Å². The second-order valence-electron chi connectivity index (χ2n) is 4.68. The molecule has 2 aromatic rings. The van der Waals surface area contributed by atoms with Crippen molar-refractivity contribution < 1.29 is 4.79 Å². The Hall–Kier alpha value is -1.81. The predicted molar refractivity (Wildman–Crippen MR) is 92.1 cm³/mol. The van der Waals surface area contributed by atoms with E-state index in [9.17, 15) is 4.79 Å². The standard InChI is InChI=1S/C17H19BrN2O/c1-3-20(4-2)16-11-5-13(6-12-16)17(21)19-15-9-7-14(18)8-10-15/h5-12H,3-4H2,1-2H3,(H,19,21). The summed E-state index contributed by atoms with van der Waals surface area (Å²) < 4.78 is 0.990. The van der Waals surface area contributed by atoms with Gasteiger partial charge in [0.15, 0.2) is 0 Å². The quantitative estimate of drug-likeness (QED) is 0.861. The van der Waals surface area contributed by atoms with Crippen LogP contribution in [-0.2, 0) is 0 Å². The minimum Gasteiger partial charge on any atom is -0.372 e. The van der Waals surface area contributed by atoms with Crippen LogP contribution in [0.2, 0.25) is 0 Å². The van der Waals surface area contributed by atoms with E-state index >= 15 is 0 Å². The summed E-state index contributed by atoms with van der Waals surface area (Å²) in [5, 5.41) is 2.89. The van der Waals surface area contributed by atoms with Gasteiger partial charge in [0.25, 0.3) is 5.91 Å². The molecule has 0 saturated carbocycles. The number of amides is 1. The van der Waals surface area contributed by atoms with Gasteiger partial charge in [-0.25, -0.2) is 0 Å². The average molecular weight is 347 g/mol. The second kappa shape index (κ2) is 7.27. The molecule has 1 amide bonds.